The lowest BCUT2D eigenvalue weighted by Crippen LogP contribution is -2.52. The van der Waals surface area contributed by atoms with Gasteiger partial charge in [0.2, 0.25) is 5.91 Å². The van der Waals surface area contributed by atoms with E-state index < -0.39 is 35.6 Å². The molecule has 0 saturated heterocycles. The molecule has 2 atom stereocenters. The number of ether oxygens (including phenoxy) is 1. The summed E-state index contributed by atoms with van der Waals surface area (Å²) in [4.78, 5) is 41.3. The molecular weight excluding hydrogens is 500 g/mol. The fourth-order valence-corrected chi connectivity index (χ4v) is 4.14. The van der Waals surface area contributed by atoms with Gasteiger partial charge in [0.05, 0.1) is 6.07 Å². The lowest BCUT2D eigenvalue weighted by Gasteiger charge is -2.33. The minimum atomic E-state index is -1.16. The first-order valence-electron chi connectivity index (χ1n) is 12.1. The van der Waals surface area contributed by atoms with Crippen LogP contribution in [0.15, 0.2) is 48.5 Å². The topological polar surface area (TPSA) is 112 Å². The molecular formula is C29H34N4O4S. The normalized spacial score (nSPS) is 12.3. The van der Waals surface area contributed by atoms with Gasteiger partial charge in [0.25, 0.3) is 5.91 Å². The van der Waals surface area contributed by atoms with Gasteiger partial charge in [-0.3, -0.25) is 9.59 Å². The Kier molecular flexibility index (Phi) is 11.2. The number of rotatable bonds is 10. The van der Waals surface area contributed by atoms with Gasteiger partial charge >= 0.3 is 6.09 Å². The van der Waals surface area contributed by atoms with E-state index in [-0.39, 0.29) is 13.0 Å². The number of para-hydroxylation sites is 1. The summed E-state index contributed by atoms with van der Waals surface area (Å²) in [6, 6.07) is 13.7. The average molecular weight is 535 g/mol. The van der Waals surface area contributed by atoms with E-state index in [1.807, 2.05) is 31.4 Å². The van der Waals surface area contributed by atoms with Crippen molar-refractivity contribution in [1.82, 2.24) is 10.2 Å². The van der Waals surface area contributed by atoms with Crippen molar-refractivity contribution < 1.29 is 19.1 Å². The maximum Gasteiger partial charge on any atom is 0.408 e. The zero-order valence-electron chi connectivity index (χ0n) is 22.4. The number of aryl methyl sites for hydroxylation is 1. The predicted molar refractivity (Wildman–Crippen MR) is 150 cm³/mol. The molecule has 2 aromatic rings. The molecule has 3 amide bonds. The summed E-state index contributed by atoms with van der Waals surface area (Å²) in [5.74, 6) is 2.02. The average Bonchev–Trinajstić information content (AvgIpc) is 2.86. The van der Waals surface area contributed by atoms with Crippen LogP contribution in [0.5, 0.6) is 0 Å². The van der Waals surface area contributed by atoms with E-state index in [4.69, 9.17) is 11.2 Å². The number of terminal acetylenes is 1. The van der Waals surface area contributed by atoms with Crippen molar-refractivity contribution in [3.8, 4) is 18.4 Å². The van der Waals surface area contributed by atoms with Gasteiger partial charge < -0.3 is 20.3 Å². The molecule has 2 aromatic carbocycles. The monoisotopic (exact) mass is 534 g/mol. The summed E-state index contributed by atoms with van der Waals surface area (Å²) < 4.78 is 5.36. The van der Waals surface area contributed by atoms with Crippen LogP contribution in [-0.4, -0.2) is 53.0 Å². The maximum atomic E-state index is 13.9. The molecule has 0 spiro atoms. The minimum absolute atomic E-state index is 0.281. The highest BCUT2D eigenvalue weighted by Crippen LogP contribution is 2.26. The molecule has 2 unspecified atom stereocenters. The zero-order valence-corrected chi connectivity index (χ0v) is 23.2. The zero-order chi connectivity index (χ0) is 28.3. The first-order chi connectivity index (χ1) is 18.0. The van der Waals surface area contributed by atoms with E-state index in [2.05, 4.69) is 16.6 Å². The largest absolute Gasteiger partial charge is 0.444 e. The van der Waals surface area contributed by atoms with E-state index in [1.165, 1.54) is 16.7 Å². The highest BCUT2D eigenvalue weighted by atomic mass is 32.2. The number of hydrogen-bond donors (Lipinski definition) is 2. The van der Waals surface area contributed by atoms with Crippen molar-refractivity contribution in [2.45, 2.75) is 51.8 Å². The Labute approximate surface area is 229 Å². The highest BCUT2D eigenvalue weighted by Gasteiger charge is 2.36. The van der Waals surface area contributed by atoms with Crippen LogP contribution >= 0.6 is 11.8 Å². The van der Waals surface area contributed by atoms with Crippen LogP contribution in [0.3, 0.4) is 0 Å². The van der Waals surface area contributed by atoms with Crippen molar-refractivity contribution in [3.63, 3.8) is 0 Å². The van der Waals surface area contributed by atoms with Crippen molar-refractivity contribution in [2.24, 2.45) is 0 Å². The Bertz CT molecular complexity index is 1210. The van der Waals surface area contributed by atoms with Gasteiger partial charge in [0, 0.05) is 11.3 Å². The van der Waals surface area contributed by atoms with Crippen LogP contribution < -0.4 is 10.6 Å². The van der Waals surface area contributed by atoms with Gasteiger partial charge in [0.15, 0.2) is 0 Å². The third-order valence-electron chi connectivity index (χ3n) is 5.48. The Balaban J connectivity index is 2.51. The summed E-state index contributed by atoms with van der Waals surface area (Å²) in [7, 11) is 0. The first kappa shape index (κ1) is 30.3. The molecule has 8 nitrogen and oxygen atoms in total. The van der Waals surface area contributed by atoms with E-state index in [0.717, 1.165) is 5.56 Å². The quantitative estimate of drug-likeness (QED) is 0.339. The number of nitriles is 1. The number of benzene rings is 2. The van der Waals surface area contributed by atoms with Crippen molar-refractivity contribution in [2.75, 3.05) is 23.9 Å². The number of thioether (sulfide) groups is 1. The molecule has 0 bridgehead atoms. The summed E-state index contributed by atoms with van der Waals surface area (Å²) in [6.07, 6.45) is 6.90. The Hall–Kier alpha value is -3.95. The number of anilines is 1. The van der Waals surface area contributed by atoms with E-state index in [0.29, 0.717) is 22.6 Å². The molecule has 38 heavy (non-hydrogen) atoms. The smallest absolute Gasteiger partial charge is 0.408 e. The van der Waals surface area contributed by atoms with Crippen LogP contribution in [0.1, 0.15) is 49.9 Å². The number of carbonyl (C=O) groups is 3. The van der Waals surface area contributed by atoms with Gasteiger partial charge in [-0.2, -0.15) is 17.0 Å². The van der Waals surface area contributed by atoms with Gasteiger partial charge in [0.1, 0.15) is 24.2 Å². The number of nitrogens with one attached hydrogen (secondary N) is 2. The predicted octanol–water partition coefficient (Wildman–Crippen LogP) is 4.65. The van der Waals surface area contributed by atoms with Crippen molar-refractivity contribution in [3.05, 3.63) is 65.2 Å². The summed E-state index contributed by atoms with van der Waals surface area (Å²) in [5.41, 5.74) is 1.73. The van der Waals surface area contributed by atoms with Crippen LogP contribution in [0.25, 0.3) is 0 Å². The Morgan fingerprint density at radius 1 is 1.13 bits per heavy atom. The van der Waals surface area contributed by atoms with E-state index >= 15 is 0 Å². The summed E-state index contributed by atoms with van der Waals surface area (Å²) in [6.45, 7) is 6.64. The van der Waals surface area contributed by atoms with Gasteiger partial charge in [-0.25, -0.2) is 4.79 Å². The second-order valence-corrected chi connectivity index (χ2v) is 10.6. The molecule has 2 rings (SSSR count). The van der Waals surface area contributed by atoms with Crippen molar-refractivity contribution >= 4 is 35.4 Å². The molecule has 200 valence electrons. The molecule has 2 N–H and O–H groups in total. The standard InChI is InChI=1S/C29H34N4O4S/c1-7-21-12-14-22(15-13-21)25(26(34)31-23-11-9-8-10-20(23)2)33(18-17-30)27(35)24(16-19-38-6)32-28(36)37-29(3,4)5/h1,8-15,24-25H,16,18-19H2,2-6H3,(H,31,34)(H,32,36). The van der Waals surface area contributed by atoms with Crippen LogP contribution in [-0.2, 0) is 14.3 Å². The second kappa shape index (κ2) is 14.1. The molecule has 0 aliphatic rings. The van der Waals surface area contributed by atoms with Crippen molar-refractivity contribution in [1.29, 1.82) is 5.26 Å². The first-order valence-corrected chi connectivity index (χ1v) is 13.5. The third-order valence-corrected chi connectivity index (χ3v) is 6.12. The number of hydrogen-bond acceptors (Lipinski definition) is 6. The SMILES string of the molecule is C#Cc1ccc(C(C(=O)Nc2ccccc2C)N(CC#N)C(=O)C(CCSC)NC(=O)OC(C)(C)C)cc1. The molecule has 9 heteroatoms. The maximum absolute atomic E-state index is 13.9. The number of amides is 3. The lowest BCUT2D eigenvalue weighted by molar-refractivity contribution is -0.140. The Morgan fingerprint density at radius 2 is 1.79 bits per heavy atom. The molecule has 0 radical (unpaired) electrons. The van der Waals surface area contributed by atoms with Crippen LogP contribution in [0.2, 0.25) is 0 Å². The second-order valence-electron chi connectivity index (χ2n) is 9.58. The van der Waals surface area contributed by atoms with Gasteiger partial charge in [-0.1, -0.05) is 36.3 Å². The molecule has 0 heterocycles. The molecule has 0 aromatic heterocycles. The van der Waals surface area contributed by atoms with Crippen LogP contribution in [0, 0.1) is 30.6 Å². The molecule has 0 aliphatic carbocycles. The number of alkyl carbamates (subject to hydrolysis) is 1. The Morgan fingerprint density at radius 3 is 2.34 bits per heavy atom. The minimum Gasteiger partial charge on any atom is -0.444 e. The van der Waals surface area contributed by atoms with E-state index in [1.54, 1.807) is 57.2 Å². The highest BCUT2D eigenvalue weighted by molar-refractivity contribution is 7.98. The fourth-order valence-electron chi connectivity index (χ4n) is 3.66. The van der Waals surface area contributed by atoms with Gasteiger partial charge in [-0.15, -0.1) is 6.42 Å². The molecule has 0 saturated carbocycles. The molecule has 0 aliphatic heterocycles. The summed E-state index contributed by atoms with van der Waals surface area (Å²) in [5, 5.41) is 15.2. The number of nitrogens with zero attached hydrogens (tertiary/aromatic N) is 2. The fraction of sp³-hybridized carbons (Fsp3) is 0.379. The third kappa shape index (κ3) is 8.86. The van der Waals surface area contributed by atoms with Crippen LogP contribution in [0.4, 0.5) is 10.5 Å². The molecule has 0 fully saturated rings. The number of carbonyl (C=O) groups excluding carboxylic acids is 3. The van der Waals surface area contributed by atoms with E-state index in [9.17, 15) is 19.6 Å². The summed E-state index contributed by atoms with van der Waals surface area (Å²) >= 11 is 1.51. The lowest BCUT2D eigenvalue weighted by atomic mass is 10.0. The van der Waals surface area contributed by atoms with Gasteiger partial charge in [-0.05, 0) is 75.5 Å².